The summed E-state index contributed by atoms with van der Waals surface area (Å²) in [5, 5.41) is 24.3. The summed E-state index contributed by atoms with van der Waals surface area (Å²) in [7, 11) is -2.69. The fourth-order valence-electron chi connectivity index (χ4n) is 8.74. The van der Waals surface area contributed by atoms with Crippen LogP contribution in [0.1, 0.15) is 74.5 Å². The third-order valence-electron chi connectivity index (χ3n) is 11.9. The van der Waals surface area contributed by atoms with E-state index in [1.165, 1.54) is 20.3 Å². The van der Waals surface area contributed by atoms with Gasteiger partial charge in [-0.3, -0.25) is 9.59 Å². The smallest absolute Gasteiger partial charge is 0.303 e. The number of amides is 2. The molecule has 7 rings (SSSR count). The summed E-state index contributed by atoms with van der Waals surface area (Å²) < 4.78 is 36.8. The molecule has 3 aliphatic heterocycles. The summed E-state index contributed by atoms with van der Waals surface area (Å²) in [6, 6.07) is 11.0. The highest BCUT2D eigenvalue weighted by molar-refractivity contribution is 7.87. The van der Waals surface area contributed by atoms with E-state index in [-0.39, 0.29) is 35.9 Å². The second kappa shape index (κ2) is 14.3. The van der Waals surface area contributed by atoms with Gasteiger partial charge in [-0.15, -0.1) is 0 Å². The lowest BCUT2D eigenvalue weighted by Gasteiger charge is -2.45. The van der Waals surface area contributed by atoms with Crippen LogP contribution in [0.5, 0.6) is 5.75 Å². The van der Waals surface area contributed by atoms with Crippen LogP contribution in [0, 0.1) is 11.8 Å². The zero-order valence-corrected chi connectivity index (χ0v) is 30.8. The Balaban J connectivity index is 1.32. The lowest BCUT2D eigenvalue weighted by Crippen LogP contribution is -2.53. The number of fused-ring (bicyclic) bond motifs is 4. The minimum absolute atomic E-state index is 0.0559. The van der Waals surface area contributed by atoms with E-state index in [9.17, 15) is 28.2 Å². The summed E-state index contributed by atoms with van der Waals surface area (Å²) in [4.78, 5) is 31.4. The van der Waals surface area contributed by atoms with Crippen molar-refractivity contribution in [3.63, 3.8) is 0 Å². The van der Waals surface area contributed by atoms with Crippen molar-refractivity contribution in [3.05, 3.63) is 70.3 Å². The van der Waals surface area contributed by atoms with Crippen LogP contribution in [0.15, 0.2) is 48.6 Å². The number of aryl methyl sites for hydroxylation is 1. The maximum Gasteiger partial charge on any atom is 0.303 e. The third kappa shape index (κ3) is 7.14. The number of aliphatic hydroxyl groups is 2. The molecule has 276 valence electrons. The number of aliphatic hydroxyl groups excluding tert-OH is 1. The number of nitrogens with one attached hydrogen (secondary N) is 1. The van der Waals surface area contributed by atoms with Gasteiger partial charge in [-0.25, -0.2) is 4.72 Å². The first-order valence-electron chi connectivity index (χ1n) is 18.3. The predicted molar refractivity (Wildman–Crippen MR) is 195 cm³/mol. The second-order valence-electron chi connectivity index (χ2n) is 15.2. The topological polar surface area (TPSA) is 140 Å². The molecule has 1 saturated carbocycles. The molecule has 5 atom stereocenters. The quantitative estimate of drug-likeness (QED) is 0.401. The van der Waals surface area contributed by atoms with Crippen LogP contribution in [0.3, 0.4) is 0 Å². The van der Waals surface area contributed by atoms with Gasteiger partial charge in [0.2, 0.25) is 5.91 Å². The SMILES string of the molecule is CN1CC/C=C/[C@H](O)[C@@H]2CC[C@H]2CN2C[C@@]3(CCCc4cc(Cl)ccc43)COc3ccc(cc32)[C@@](O)(C(=O)NS(=O)(=O)N2CCCCC2)CC1=O. The van der Waals surface area contributed by atoms with Gasteiger partial charge in [0.05, 0.1) is 24.8 Å². The number of ether oxygens (including phenoxy) is 1. The summed E-state index contributed by atoms with van der Waals surface area (Å²) in [6.07, 6.45) is 9.73. The van der Waals surface area contributed by atoms with Crippen LogP contribution in [0.2, 0.25) is 5.02 Å². The van der Waals surface area contributed by atoms with Gasteiger partial charge in [0.25, 0.3) is 5.91 Å². The van der Waals surface area contributed by atoms with Crippen LogP contribution in [0.4, 0.5) is 5.69 Å². The number of halogens is 1. The number of benzene rings is 2. The number of nitrogens with zero attached hydrogens (tertiary/aromatic N) is 3. The van der Waals surface area contributed by atoms with Crippen LogP contribution in [-0.2, 0) is 37.2 Å². The van der Waals surface area contributed by atoms with Gasteiger partial charge < -0.3 is 24.7 Å². The molecule has 0 aromatic heterocycles. The number of hydrogen-bond donors (Lipinski definition) is 3. The van der Waals surface area contributed by atoms with E-state index in [4.69, 9.17) is 16.3 Å². The molecule has 3 N–H and O–H groups in total. The highest BCUT2D eigenvalue weighted by Crippen LogP contribution is 2.47. The van der Waals surface area contributed by atoms with Crippen molar-refractivity contribution in [2.75, 3.05) is 51.3 Å². The van der Waals surface area contributed by atoms with Crippen molar-refractivity contribution < 1.29 is 33.0 Å². The third-order valence-corrected chi connectivity index (χ3v) is 13.7. The van der Waals surface area contributed by atoms with Crippen molar-refractivity contribution in [2.24, 2.45) is 11.8 Å². The van der Waals surface area contributed by atoms with Gasteiger partial charge in [-0.05, 0) is 104 Å². The Kier molecular flexibility index (Phi) is 10.2. The molecule has 2 fully saturated rings. The molecular weight excluding hydrogens is 692 g/mol. The average molecular weight is 741 g/mol. The van der Waals surface area contributed by atoms with Crippen molar-refractivity contribution in [2.45, 2.75) is 81.3 Å². The number of hydrogen-bond acceptors (Lipinski definition) is 8. The molecule has 0 unspecified atom stereocenters. The molecule has 1 spiro atoms. The monoisotopic (exact) mass is 740 g/mol. The van der Waals surface area contributed by atoms with E-state index in [1.54, 1.807) is 25.2 Å². The maximum atomic E-state index is 14.1. The number of carbonyl (C=O) groups excluding carboxylic acids is 2. The second-order valence-corrected chi connectivity index (χ2v) is 17.4. The molecule has 2 aromatic rings. The Morgan fingerprint density at radius 3 is 2.63 bits per heavy atom. The lowest BCUT2D eigenvalue weighted by atomic mass is 9.68. The van der Waals surface area contributed by atoms with E-state index >= 15 is 0 Å². The van der Waals surface area contributed by atoms with E-state index in [2.05, 4.69) is 15.7 Å². The summed E-state index contributed by atoms with van der Waals surface area (Å²) in [6.45, 7) is 2.44. The molecular formula is C38H49ClN4O7S. The fourth-order valence-corrected chi connectivity index (χ4v) is 10.2. The van der Waals surface area contributed by atoms with Crippen LogP contribution in [-0.4, -0.2) is 92.1 Å². The first kappa shape index (κ1) is 36.2. The molecule has 2 aliphatic carbocycles. The van der Waals surface area contributed by atoms with Gasteiger partial charge >= 0.3 is 10.2 Å². The first-order valence-corrected chi connectivity index (χ1v) is 20.1. The number of rotatable bonds is 3. The van der Waals surface area contributed by atoms with Crippen molar-refractivity contribution in [1.82, 2.24) is 13.9 Å². The Morgan fingerprint density at radius 1 is 1.06 bits per heavy atom. The molecule has 1 saturated heterocycles. The lowest BCUT2D eigenvalue weighted by molar-refractivity contribution is -0.148. The molecule has 2 amide bonds. The largest absolute Gasteiger partial charge is 0.490 e. The maximum absolute atomic E-state index is 14.1. The molecule has 2 aromatic carbocycles. The predicted octanol–water partition coefficient (Wildman–Crippen LogP) is 4.04. The normalized spacial score (nSPS) is 31.1. The highest BCUT2D eigenvalue weighted by atomic mass is 35.5. The fraction of sp³-hybridized carbons (Fsp3) is 0.579. The standard InChI is InChI=1S/C38H49ClN4O7S/c1-41-17-6-3-9-33(44)30-13-10-27(30)23-42-24-37(16-7-8-26-20-29(39)12-14-31(26)37)25-50-34-15-11-28(21-32(34)42)38(47,22-35(41)45)36(46)40-51(48,49)43-18-4-2-5-19-43/h3,9,11-12,14-15,20-21,27,30,33,44,47H,2,4-8,10,13,16-19,22-25H2,1H3,(H,40,46)/b9-3+/t27-,30+,33-,37-,38+/m0/s1. The van der Waals surface area contributed by atoms with Gasteiger partial charge in [0.1, 0.15) is 5.75 Å². The Hall–Kier alpha value is -3.16. The molecule has 13 heteroatoms. The van der Waals surface area contributed by atoms with E-state index < -0.39 is 40.1 Å². The summed E-state index contributed by atoms with van der Waals surface area (Å²) >= 11 is 6.44. The van der Waals surface area contributed by atoms with Crippen molar-refractivity contribution in [3.8, 4) is 5.75 Å². The van der Waals surface area contributed by atoms with Crippen LogP contribution >= 0.6 is 11.6 Å². The number of carbonyl (C=O) groups is 2. The highest BCUT2D eigenvalue weighted by Gasteiger charge is 2.47. The molecule has 11 nitrogen and oxygen atoms in total. The molecule has 51 heavy (non-hydrogen) atoms. The van der Waals surface area contributed by atoms with Crippen molar-refractivity contribution >= 4 is 39.3 Å². The Bertz CT molecular complexity index is 1800. The van der Waals surface area contributed by atoms with Crippen molar-refractivity contribution in [1.29, 1.82) is 0 Å². The molecule has 5 aliphatic rings. The van der Waals surface area contributed by atoms with Gasteiger partial charge in [-0.2, -0.15) is 12.7 Å². The van der Waals surface area contributed by atoms with E-state index in [0.29, 0.717) is 62.0 Å². The first-order chi connectivity index (χ1) is 24.4. The van der Waals surface area contributed by atoms with Gasteiger partial charge in [0, 0.05) is 50.2 Å². The average Bonchev–Trinajstić information content (AvgIpc) is 3.24. The van der Waals surface area contributed by atoms with Crippen LogP contribution in [0.25, 0.3) is 0 Å². The zero-order valence-electron chi connectivity index (χ0n) is 29.2. The zero-order chi connectivity index (χ0) is 36.0. The molecule has 2 bridgehead atoms. The number of piperidine rings is 1. The Labute approximate surface area is 305 Å². The molecule has 0 radical (unpaired) electrons. The summed E-state index contributed by atoms with van der Waals surface area (Å²) in [5.74, 6) is -0.892. The van der Waals surface area contributed by atoms with E-state index in [1.807, 2.05) is 24.3 Å². The molecule has 3 heterocycles. The minimum atomic E-state index is -4.27. The minimum Gasteiger partial charge on any atom is -0.490 e. The van der Waals surface area contributed by atoms with E-state index in [0.717, 1.165) is 38.5 Å². The summed E-state index contributed by atoms with van der Waals surface area (Å²) in [5.41, 5.74) is 0.272. The van der Waals surface area contributed by atoms with Crippen LogP contribution < -0.4 is 14.4 Å². The van der Waals surface area contributed by atoms with Gasteiger partial charge in [-0.1, -0.05) is 42.3 Å². The van der Waals surface area contributed by atoms with Gasteiger partial charge in [0.15, 0.2) is 5.60 Å². The number of anilines is 1. The Morgan fingerprint density at radius 2 is 1.86 bits per heavy atom.